The molecular formula is C9H12ClN5S2. The van der Waals surface area contributed by atoms with Crippen molar-refractivity contribution in [2.45, 2.75) is 11.7 Å². The van der Waals surface area contributed by atoms with Gasteiger partial charge in [-0.25, -0.2) is 4.68 Å². The molecule has 0 aliphatic carbocycles. The summed E-state index contributed by atoms with van der Waals surface area (Å²) in [6.07, 6.45) is 0. The Bertz CT molecular complexity index is 469. The summed E-state index contributed by atoms with van der Waals surface area (Å²) < 4.78 is 2.50. The SMILES string of the molecule is Cn1nnnc1SCCNCc1ccc(Cl)s1. The molecule has 0 aliphatic rings. The van der Waals surface area contributed by atoms with Crippen LogP contribution in [0.2, 0.25) is 4.34 Å². The number of halogens is 1. The number of rotatable bonds is 6. The number of nitrogens with zero attached hydrogens (tertiary/aromatic N) is 4. The normalized spacial score (nSPS) is 10.9. The average Bonchev–Trinajstić information content (AvgIpc) is 2.88. The lowest BCUT2D eigenvalue weighted by molar-refractivity contribution is 0.663. The van der Waals surface area contributed by atoms with Crippen molar-refractivity contribution in [2.24, 2.45) is 7.05 Å². The van der Waals surface area contributed by atoms with E-state index in [4.69, 9.17) is 11.6 Å². The van der Waals surface area contributed by atoms with E-state index < -0.39 is 0 Å². The molecule has 1 N–H and O–H groups in total. The molecule has 0 unspecified atom stereocenters. The van der Waals surface area contributed by atoms with Crippen molar-refractivity contribution in [3.05, 3.63) is 21.3 Å². The second-order valence-corrected chi connectivity index (χ2v) is 6.18. The highest BCUT2D eigenvalue weighted by Crippen LogP contribution is 2.21. The largest absolute Gasteiger partial charge is 0.311 e. The average molecular weight is 290 g/mol. The fourth-order valence-corrected chi connectivity index (χ4v) is 3.02. The predicted octanol–water partition coefficient (Wildman–Crippen LogP) is 1.81. The van der Waals surface area contributed by atoms with Crippen LogP contribution in [-0.2, 0) is 13.6 Å². The van der Waals surface area contributed by atoms with Crippen LogP contribution in [0.5, 0.6) is 0 Å². The summed E-state index contributed by atoms with van der Waals surface area (Å²) in [7, 11) is 1.84. The van der Waals surface area contributed by atoms with Crippen molar-refractivity contribution in [3.8, 4) is 0 Å². The van der Waals surface area contributed by atoms with Crippen molar-refractivity contribution in [3.63, 3.8) is 0 Å². The molecule has 0 saturated carbocycles. The predicted molar refractivity (Wildman–Crippen MR) is 70.6 cm³/mol. The summed E-state index contributed by atoms with van der Waals surface area (Å²) in [6, 6.07) is 3.96. The van der Waals surface area contributed by atoms with Gasteiger partial charge in [-0.2, -0.15) is 0 Å². The molecule has 92 valence electrons. The van der Waals surface area contributed by atoms with E-state index in [1.165, 1.54) is 4.88 Å². The lowest BCUT2D eigenvalue weighted by atomic mass is 10.4. The molecule has 2 aromatic rings. The smallest absolute Gasteiger partial charge is 0.209 e. The first kappa shape index (κ1) is 12.8. The number of hydrogen-bond donors (Lipinski definition) is 1. The minimum Gasteiger partial charge on any atom is -0.311 e. The zero-order valence-corrected chi connectivity index (χ0v) is 11.6. The van der Waals surface area contributed by atoms with E-state index in [-0.39, 0.29) is 0 Å². The molecule has 0 aliphatic heterocycles. The Morgan fingerprint density at radius 3 is 3.06 bits per heavy atom. The fourth-order valence-electron chi connectivity index (χ4n) is 1.22. The summed E-state index contributed by atoms with van der Waals surface area (Å²) in [4.78, 5) is 1.25. The van der Waals surface area contributed by atoms with E-state index in [9.17, 15) is 0 Å². The zero-order valence-electron chi connectivity index (χ0n) is 9.26. The zero-order chi connectivity index (χ0) is 12.1. The molecule has 2 aromatic heterocycles. The van der Waals surface area contributed by atoms with Gasteiger partial charge in [0, 0.05) is 30.8 Å². The van der Waals surface area contributed by atoms with Crippen LogP contribution < -0.4 is 5.32 Å². The summed E-state index contributed by atoms with van der Waals surface area (Å²) >= 11 is 9.09. The molecule has 17 heavy (non-hydrogen) atoms. The molecule has 0 atom stereocenters. The van der Waals surface area contributed by atoms with Crippen LogP contribution in [-0.4, -0.2) is 32.5 Å². The number of aryl methyl sites for hydroxylation is 1. The van der Waals surface area contributed by atoms with Gasteiger partial charge in [-0.3, -0.25) is 0 Å². The quantitative estimate of drug-likeness (QED) is 0.649. The van der Waals surface area contributed by atoms with E-state index in [0.717, 1.165) is 28.3 Å². The van der Waals surface area contributed by atoms with Crippen LogP contribution in [0.1, 0.15) is 4.88 Å². The lowest BCUT2D eigenvalue weighted by Gasteiger charge is -2.01. The van der Waals surface area contributed by atoms with E-state index in [1.807, 2.05) is 19.2 Å². The number of thioether (sulfide) groups is 1. The van der Waals surface area contributed by atoms with Gasteiger partial charge in [0.2, 0.25) is 5.16 Å². The van der Waals surface area contributed by atoms with Gasteiger partial charge >= 0.3 is 0 Å². The van der Waals surface area contributed by atoms with Crippen LogP contribution in [0.3, 0.4) is 0 Å². The highest BCUT2D eigenvalue weighted by molar-refractivity contribution is 7.99. The highest BCUT2D eigenvalue weighted by Gasteiger charge is 2.02. The van der Waals surface area contributed by atoms with Gasteiger partial charge in [-0.15, -0.1) is 16.4 Å². The van der Waals surface area contributed by atoms with Gasteiger partial charge in [-0.05, 0) is 22.6 Å². The molecule has 0 bridgehead atoms. The number of tetrazole rings is 1. The maximum absolute atomic E-state index is 5.85. The van der Waals surface area contributed by atoms with E-state index in [2.05, 4.69) is 20.8 Å². The van der Waals surface area contributed by atoms with Gasteiger partial charge in [0.15, 0.2) is 0 Å². The maximum Gasteiger partial charge on any atom is 0.209 e. The number of nitrogens with one attached hydrogen (secondary N) is 1. The van der Waals surface area contributed by atoms with Crippen LogP contribution in [0, 0.1) is 0 Å². The van der Waals surface area contributed by atoms with Crippen molar-refractivity contribution >= 4 is 34.7 Å². The molecule has 2 heterocycles. The third kappa shape index (κ3) is 3.95. The van der Waals surface area contributed by atoms with Crippen LogP contribution in [0.4, 0.5) is 0 Å². The highest BCUT2D eigenvalue weighted by atomic mass is 35.5. The van der Waals surface area contributed by atoms with E-state index >= 15 is 0 Å². The Hall–Kier alpha value is -0.630. The van der Waals surface area contributed by atoms with E-state index in [0.29, 0.717) is 0 Å². The first-order valence-electron chi connectivity index (χ1n) is 5.06. The van der Waals surface area contributed by atoms with E-state index in [1.54, 1.807) is 27.8 Å². The fraction of sp³-hybridized carbons (Fsp3) is 0.444. The monoisotopic (exact) mass is 289 g/mol. The standard InChI is InChI=1S/C9H12ClN5S2/c1-15-9(12-13-14-15)16-5-4-11-6-7-2-3-8(10)17-7/h2-3,11H,4-6H2,1H3. The van der Waals surface area contributed by atoms with Gasteiger partial charge in [0.1, 0.15) is 0 Å². The Labute approximate surface area is 113 Å². The Morgan fingerprint density at radius 2 is 2.41 bits per heavy atom. The van der Waals surface area contributed by atoms with Crippen LogP contribution >= 0.6 is 34.7 Å². The molecule has 0 amide bonds. The molecule has 5 nitrogen and oxygen atoms in total. The summed E-state index contributed by atoms with van der Waals surface area (Å²) in [5.41, 5.74) is 0. The topological polar surface area (TPSA) is 55.6 Å². The molecule has 0 spiro atoms. The van der Waals surface area contributed by atoms with Crippen molar-refractivity contribution in [2.75, 3.05) is 12.3 Å². The van der Waals surface area contributed by atoms with Crippen molar-refractivity contribution in [1.82, 2.24) is 25.5 Å². The lowest BCUT2D eigenvalue weighted by Crippen LogP contribution is -2.16. The number of thiophene rings is 1. The molecule has 0 saturated heterocycles. The summed E-state index contributed by atoms with van der Waals surface area (Å²) in [5.74, 6) is 0.938. The second kappa shape index (κ2) is 6.34. The van der Waals surface area contributed by atoms with Gasteiger partial charge < -0.3 is 5.32 Å². The van der Waals surface area contributed by atoms with Crippen LogP contribution in [0.25, 0.3) is 0 Å². The molecule has 8 heteroatoms. The summed E-state index contributed by atoms with van der Waals surface area (Å²) in [6.45, 7) is 1.77. The summed E-state index contributed by atoms with van der Waals surface area (Å²) in [5, 5.41) is 15.4. The molecule has 2 rings (SSSR count). The van der Waals surface area contributed by atoms with Crippen LogP contribution in [0.15, 0.2) is 17.3 Å². The van der Waals surface area contributed by atoms with Gasteiger partial charge in [0.25, 0.3) is 0 Å². The van der Waals surface area contributed by atoms with Crippen molar-refractivity contribution in [1.29, 1.82) is 0 Å². The molecule has 0 radical (unpaired) electrons. The minimum absolute atomic E-state index is 0.835. The Balaban J connectivity index is 1.62. The first-order valence-corrected chi connectivity index (χ1v) is 7.24. The molecule has 0 fully saturated rings. The Morgan fingerprint density at radius 1 is 1.53 bits per heavy atom. The van der Waals surface area contributed by atoms with Gasteiger partial charge in [0.05, 0.1) is 4.34 Å². The molecular weight excluding hydrogens is 278 g/mol. The first-order chi connectivity index (χ1) is 8.25. The third-order valence-electron chi connectivity index (χ3n) is 2.02. The number of hydrogen-bond acceptors (Lipinski definition) is 6. The molecule has 0 aromatic carbocycles. The Kier molecular flexibility index (Phi) is 4.78. The second-order valence-electron chi connectivity index (χ2n) is 3.32. The van der Waals surface area contributed by atoms with Gasteiger partial charge in [-0.1, -0.05) is 23.4 Å². The third-order valence-corrected chi connectivity index (χ3v) is 4.26. The maximum atomic E-state index is 5.85. The number of aromatic nitrogens is 4. The minimum atomic E-state index is 0.835. The van der Waals surface area contributed by atoms with Crippen molar-refractivity contribution < 1.29 is 0 Å².